The summed E-state index contributed by atoms with van der Waals surface area (Å²) in [7, 11) is 0. The van der Waals surface area contributed by atoms with Gasteiger partial charge < -0.3 is 5.32 Å². The van der Waals surface area contributed by atoms with Gasteiger partial charge in [-0.2, -0.15) is 4.98 Å². The third-order valence-electron chi connectivity index (χ3n) is 3.01. The molecule has 3 rings (SSSR count). The van der Waals surface area contributed by atoms with Crippen LogP contribution >= 0.6 is 15.9 Å². The Labute approximate surface area is 123 Å². The minimum absolute atomic E-state index is 0.00328. The predicted octanol–water partition coefficient (Wildman–Crippen LogP) is 3.80. The summed E-state index contributed by atoms with van der Waals surface area (Å²) in [5.74, 6) is 0.302. The molecule has 1 atom stereocenters. The summed E-state index contributed by atoms with van der Waals surface area (Å²) >= 11 is 3.39. The van der Waals surface area contributed by atoms with E-state index >= 15 is 0 Å². The molecule has 0 saturated heterocycles. The van der Waals surface area contributed by atoms with Crippen LogP contribution < -0.4 is 5.32 Å². The topological polar surface area (TPSA) is 42.2 Å². The number of hydrogen-bond donors (Lipinski definition) is 1. The fourth-order valence-corrected chi connectivity index (χ4v) is 2.27. The van der Waals surface area contributed by atoms with E-state index in [1.807, 2.05) is 25.3 Å². The summed E-state index contributed by atoms with van der Waals surface area (Å²) in [5.41, 5.74) is 1.74. The number of anilines is 1. The van der Waals surface area contributed by atoms with Gasteiger partial charge in [-0.1, -0.05) is 12.1 Å². The van der Waals surface area contributed by atoms with Crippen LogP contribution in [0.5, 0.6) is 0 Å². The molecule has 0 amide bonds. The summed E-state index contributed by atoms with van der Waals surface area (Å²) in [4.78, 5) is 4.38. The van der Waals surface area contributed by atoms with E-state index in [9.17, 15) is 4.39 Å². The van der Waals surface area contributed by atoms with Gasteiger partial charge in [0.2, 0.25) is 5.95 Å². The van der Waals surface area contributed by atoms with Gasteiger partial charge in [0.15, 0.2) is 5.65 Å². The SMILES string of the molecule is CC(Nc1nc2ccc(Br)cn2n1)c1ccc(F)cc1. The van der Waals surface area contributed by atoms with Crippen molar-refractivity contribution < 1.29 is 4.39 Å². The molecule has 0 radical (unpaired) electrons. The maximum Gasteiger partial charge on any atom is 0.243 e. The third-order valence-corrected chi connectivity index (χ3v) is 3.48. The number of benzene rings is 1. The largest absolute Gasteiger partial charge is 0.346 e. The van der Waals surface area contributed by atoms with Crippen molar-refractivity contribution in [1.29, 1.82) is 0 Å². The lowest BCUT2D eigenvalue weighted by Gasteiger charge is -2.12. The number of nitrogens with zero attached hydrogens (tertiary/aromatic N) is 3. The van der Waals surface area contributed by atoms with Gasteiger partial charge in [0, 0.05) is 10.7 Å². The highest BCUT2D eigenvalue weighted by atomic mass is 79.9. The van der Waals surface area contributed by atoms with E-state index in [4.69, 9.17) is 0 Å². The second kappa shape index (κ2) is 5.20. The highest BCUT2D eigenvalue weighted by Gasteiger charge is 2.09. The predicted molar refractivity (Wildman–Crippen MR) is 79.1 cm³/mol. The summed E-state index contributed by atoms with van der Waals surface area (Å²) in [5, 5.41) is 7.55. The van der Waals surface area contributed by atoms with Crippen LogP contribution in [0.15, 0.2) is 47.1 Å². The van der Waals surface area contributed by atoms with Crippen LogP contribution in [-0.4, -0.2) is 14.6 Å². The lowest BCUT2D eigenvalue weighted by molar-refractivity contribution is 0.626. The van der Waals surface area contributed by atoms with Crippen LogP contribution in [0.1, 0.15) is 18.5 Å². The molecule has 0 bridgehead atoms. The molecule has 0 aliphatic carbocycles. The minimum Gasteiger partial charge on any atom is -0.346 e. The average molecular weight is 335 g/mol. The van der Waals surface area contributed by atoms with E-state index in [1.165, 1.54) is 12.1 Å². The van der Waals surface area contributed by atoms with E-state index in [0.717, 1.165) is 15.7 Å². The molecule has 2 aromatic heterocycles. The van der Waals surface area contributed by atoms with Crippen molar-refractivity contribution >= 4 is 27.5 Å². The van der Waals surface area contributed by atoms with Gasteiger partial charge in [0.1, 0.15) is 5.82 Å². The molecule has 0 aliphatic heterocycles. The van der Waals surface area contributed by atoms with E-state index in [2.05, 4.69) is 31.3 Å². The van der Waals surface area contributed by atoms with Crippen molar-refractivity contribution in [2.75, 3.05) is 5.32 Å². The van der Waals surface area contributed by atoms with Crippen molar-refractivity contribution in [3.05, 3.63) is 58.4 Å². The van der Waals surface area contributed by atoms with Crippen LogP contribution in [-0.2, 0) is 0 Å². The van der Waals surface area contributed by atoms with Gasteiger partial charge in [-0.25, -0.2) is 8.91 Å². The van der Waals surface area contributed by atoms with E-state index in [1.54, 1.807) is 16.6 Å². The first-order valence-corrected chi connectivity index (χ1v) is 6.95. The Balaban J connectivity index is 1.83. The number of hydrogen-bond acceptors (Lipinski definition) is 3. The first-order chi connectivity index (χ1) is 9.61. The first kappa shape index (κ1) is 13.1. The molecule has 0 fully saturated rings. The van der Waals surface area contributed by atoms with Crippen LogP contribution in [0.4, 0.5) is 10.3 Å². The number of rotatable bonds is 3. The Morgan fingerprint density at radius 1 is 1.20 bits per heavy atom. The molecule has 1 N–H and O–H groups in total. The zero-order chi connectivity index (χ0) is 14.1. The zero-order valence-corrected chi connectivity index (χ0v) is 12.3. The molecule has 4 nitrogen and oxygen atoms in total. The fraction of sp³-hybridized carbons (Fsp3) is 0.143. The van der Waals surface area contributed by atoms with Gasteiger partial charge in [-0.05, 0) is 52.7 Å². The standard InChI is InChI=1S/C14H12BrFN4/c1-9(10-2-5-12(16)6-3-10)17-14-18-13-7-4-11(15)8-20(13)19-14/h2-9H,1H3,(H,17,19). The quantitative estimate of drug-likeness (QED) is 0.792. The van der Waals surface area contributed by atoms with E-state index < -0.39 is 0 Å². The normalized spacial score (nSPS) is 12.6. The summed E-state index contributed by atoms with van der Waals surface area (Å²) in [6.07, 6.45) is 1.84. The highest BCUT2D eigenvalue weighted by Crippen LogP contribution is 2.18. The van der Waals surface area contributed by atoms with Crippen molar-refractivity contribution in [3.63, 3.8) is 0 Å². The number of fused-ring (bicyclic) bond motifs is 1. The van der Waals surface area contributed by atoms with E-state index in [0.29, 0.717) is 5.95 Å². The molecular weight excluding hydrogens is 323 g/mol. The summed E-state index contributed by atoms with van der Waals surface area (Å²) < 4.78 is 15.5. The Kier molecular flexibility index (Phi) is 3.40. The highest BCUT2D eigenvalue weighted by molar-refractivity contribution is 9.10. The summed E-state index contributed by atoms with van der Waals surface area (Å²) in [6, 6.07) is 10.2. The van der Waals surface area contributed by atoms with E-state index in [-0.39, 0.29) is 11.9 Å². The van der Waals surface area contributed by atoms with Crippen LogP contribution in [0, 0.1) is 5.82 Å². The molecule has 6 heteroatoms. The minimum atomic E-state index is -0.239. The molecule has 0 spiro atoms. The Morgan fingerprint density at radius 2 is 1.95 bits per heavy atom. The maximum atomic E-state index is 12.9. The molecule has 1 unspecified atom stereocenters. The van der Waals surface area contributed by atoms with Crippen LogP contribution in [0.25, 0.3) is 5.65 Å². The lowest BCUT2D eigenvalue weighted by atomic mass is 10.1. The molecule has 20 heavy (non-hydrogen) atoms. The Morgan fingerprint density at radius 3 is 2.70 bits per heavy atom. The second-order valence-corrected chi connectivity index (χ2v) is 5.42. The Bertz CT molecular complexity index is 739. The third kappa shape index (κ3) is 2.65. The first-order valence-electron chi connectivity index (χ1n) is 6.16. The maximum absolute atomic E-state index is 12.9. The average Bonchev–Trinajstić information content (AvgIpc) is 2.80. The monoisotopic (exact) mass is 334 g/mol. The van der Waals surface area contributed by atoms with Gasteiger partial charge in [0.05, 0.1) is 6.04 Å². The van der Waals surface area contributed by atoms with Gasteiger partial charge in [-0.15, -0.1) is 5.10 Å². The number of nitrogens with one attached hydrogen (secondary N) is 1. The van der Waals surface area contributed by atoms with Crippen LogP contribution in [0.3, 0.4) is 0 Å². The van der Waals surface area contributed by atoms with Crippen molar-refractivity contribution in [2.45, 2.75) is 13.0 Å². The number of pyridine rings is 1. The number of aromatic nitrogens is 3. The zero-order valence-electron chi connectivity index (χ0n) is 10.7. The Hall–Kier alpha value is -1.95. The number of halogens is 2. The van der Waals surface area contributed by atoms with Gasteiger partial charge >= 0.3 is 0 Å². The molecular formula is C14H12BrFN4. The molecule has 2 heterocycles. The van der Waals surface area contributed by atoms with Gasteiger partial charge in [0.25, 0.3) is 0 Å². The smallest absolute Gasteiger partial charge is 0.243 e. The molecule has 0 saturated carbocycles. The fourth-order valence-electron chi connectivity index (χ4n) is 1.95. The van der Waals surface area contributed by atoms with Crippen molar-refractivity contribution in [3.8, 4) is 0 Å². The van der Waals surface area contributed by atoms with Crippen LogP contribution in [0.2, 0.25) is 0 Å². The molecule has 102 valence electrons. The molecule has 3 aromatic rings. The molecule has 1 aromatic carbocycles. The second-order valence-electron chi connectivity index (χ2n) is 4.50. The lowest BCUT2D eigenvalue weighted by Crippen LogP contribution is -2.07. The van der Waals surface area contributed by atoms with Gasteiger partial charge in [-0.3, -0.25) is 0 Å². The van der Waals surface area contributed by atoms with Crippen molar-refractivity contribution in [2.24, 2.45) is 0 Å². The molecule has 0 aliphatic rings. The van der Waals surface area contributed by atoms with Crippen molar-refractivity contribution in [1.82, 2.24) is 14.6 Å². The summed E-state index contributed by atoms with van der Waals surface area (Å²) in [6.45, 7) is 1.98.